The van der Waals surface area contributed by atoms with Crippen LogP contribution in [-0.4, -0.2) is 30.7 Å². The number of carbonyl (C=O) groups excluding carboxylic acids is 2. The molecule has 0 aliphatic heterocycles. The van der Waals surface area contributed by atoms with Gasteiger partial charge in [-0.05, 0) is 51.8 Å². The number of nitrogens with one attached hydrogen (secondary N) is 3. The van der Waals surface area contributed by atoms with Gasteiger partial charge in [-0.15, -0.1) is 0 Å². The molecule has 6 nitrogen and oxygen atoms in total. The average molecular weight is 321 g/mol. The van der Waals surface area contributed by atoms with Gasteiger partial charge in [0.2, 0.25) is 5.91 Å². The first kappa shape index (κ1) is 18.8. The largest absolute Gasteiger partial charge is 0.444 e. The number of rotatable bonds is 6. The second kappa shape index (κ2) is 8.41. The van der Waals surface area contributed by atoms with Crippen LogP contribution in [-0.2, 0) is 9.53 Å². The van der Waals surface area contributed by atoms with Crippen molar-refractivity contribution in [3.63, 3.8) is 0 Å². The van der Waals surface area contributed by atoms with Crippen molar-refractivity contribution in [3.8, 4) is 0 Å². The summed E-state index contributed by atoms with van der Waals surface area (Å²) in [5.41, 5.74) is 2.34. The van der Waals surface area contributed by atoms with Crippen molar-refractivity contribution in [2.24, 2.45) is 0 Å². The average Bonchev–Trinajstić information content (AvgIpc) is 2.39. The molecule has 0 aliphatic carbocycles. The summed E-state index contributed by atoms with van der Waals surface area (Å²) in [7, 11) is 0. The number of amides is 2. The Hall–Kier alpha value is -2.24. The molecule has 23 heavy (non-hydrogen) atoms. The monoisotopic (exact) mass is 321 g/mol. The third kappa shape index (κ3) is 8.09. The fourth-order valence-electron chi connectivity index (χ4n) is 1.91. The highest BCUT2D eigenvalue weighted by Crippen LogP contribution is 2.20. The SMILES string of the molecule is CC(=O)Nc1ccc(C)c(NCCCNC(=O)OC(C)(C)C)c1. The lowest BCUT2D eigenvalue weighted by atomic mass is 10.1. The summed E-state index contributed by atoms with van der Waals surface area (Å²) in [6, 6.07) is 5.72. The van der Waals surface area contributed by atoms with Crippen LogP contribution in [0.4, 0.5) is 16.2 Å². The van der Waals surface area contributed by atoms with Crippen LogP contribution in [0.2, 0.25) is 0 Å². The predicted molar refractivity (Wildman–Crippen MR) is 92.8 cm³/mol. The molecule has 1 aromatic rings. The minimum Gasteiger partial charge on any atom is -0.444 e. The van der Waals surface area contributed by atoms with Crippen molar-refractivity contribution in [1.82, 2.24) is 5.32 Å². The Morgan fingerprint density at radius 1 is 1.17 bits per heavy atom. The molecule has 0 heterocycles. The Kier molecular flexibility index (Phi) is 6.88. The Bertz CT molecular complexity index is 551. The van der Waals surface area contributed by atoms with Gasteiger partial charge in [-0.2, -0.15) is 0 Å². The van der Waals surface area contributed by atoms with E-state index in [1.807, 2.05) is 45.9 Å². The van der Waals surface area contributed by atoms with Crippen molar-refractivity contribution in [1.29, 1.82) is 0 Å². The van der Waals surface area contributed by atoms with Crippen molar-refractivity contribution in [3.05, 3.63) is 23.8 Å². The van der Waals surface area contributed by atoms with Gasteiger partial charge in [0.05, 0.1) is 0 Å². The van der Waals surface area contributed by atoms with Crippen LogP contribution in [0.25, 0.3) is 0 Å². The molecule has 3 N–H and O–H groups in total. The summed E-state index contributed by atoms with van der Waals surface area (Å²) in [4.78, 5) is 22.6. The van der Waals surface area contributed by atoms with Gasteiger partial charge in [0, 0.05) is 31.4 Å². The molecule has 1 rings (SSSR count). The number of carbonyl (C=O) groups is 2. The van der Waals surface area contributed by atoms with E-state index in [-0.39, 0.29) is 5.91 Å². The summed E-state index contributed by atoms with van der Waals surface area (Å²) < 4.78 is 5.16. The third-order valence-electron chi connectivity index (χ3n) is 2.90. The van der Waals surface area contributed by atoms with Gasteiger partial charge in [0.25, 0.3) is 0 Å². The summed E-state index contributed by atoms with van der Waals surface area (Å²) in [5.74, 6) is -0.0960. The smallest absolute Gasteiger partial charge is 0.407 e. The van der Waals surface area contributed by atoms with E-state index in [0.717, 1.165) is 23.4 Å². The van der Waals surface area contributed by atoms with Gasteiger partial charge >= 0.3 is 6.09 Å². The van der Waals surface area contributed by atoms with Gasteiger partial charge in [-0.25, -0.2) is 4.79 Å². The summed E-state index contributed by atoms with van der Waals surface area (Å²) in [5, 5.41) is 8.78. The molecular weight excluding hydrogens is 294 g/mol. The van der Waals surface area contributed by atoms with E-state index in [1.54, 1.807) is 0 Å². The number of aryl methyl sites for hydroxylation is 1. The Balaban J connectivity index is 2.35. The Morgan fingerprint density at radius 3 is 2.48 bits per heavy atom. The highest BCUT2D eigenvalue weighted by atomic mass is 16.6. The second-order valence-electron chi connectivity index (χ2n) is 6.42. The lowest BCUT2D eigenvalue weighted by molar-refractivity contribution is -0.114. The summed E-state index contributed by atoms with van der Waals surface area (Å²) in [6.07, 6.45) is 0.365. The van der Waals surface area contributed by atoms with E-state index >= 15 is 0 Å². The highest BCUT2D eigenvalue weighted by molar-refractivity contribution is 5.89. The molecule has 0 unspecified atom stereocenters. The summed E-state index contributed by atoms with van der Waals surface area (Å²) >= 11 is 0. The number of ether oxygens (including phenoxy) is 1. The van der Waals surface area contributed by atoms with E-state index in [4.69, 9.17) is 4.74 Å². The maximum Gasteiger partial charge on any atom is 0.407 e. The zero-order valence-corrected chi connectivity index (χ0v) is 14.6. The fraction of sp³-hybridized carbons (Fsp3) is 0.529. The van der Waals surface area contributed by atoms with Gasteiger partial charge in [-0.1, -0.05) is 6.07 Å². The Morgan fingerprint density at radius 2 is 1.87 bits per heavy atom. The minimum absolute atomic E-state index is 0.0960. The molecule has 6 heteroatoms. The molecule has 0 fully saturated rings. The molecule has 1 aromatic carbocycles. The third-order valence-corrected chi connectivity index (χ3v) is 2.90. The number of hydrogen-bond donors (Lipinski definition) is 3. The second-order valence-corrected chi connectivity index (χ2v) is 6.42. The molecule has 0 radical (unpaired) electrons. The normalized spacial score (nSPS) is 10.8. The van der Waals surface area contributed by atoms with Crippen LogP contribution < -0.4 is 16.0 Å². The zero-order chi connectivity index (χ0) is 17.5. The van der Waals surface area contributed by atoms with Crippen LogP contribution in [0.15, 0.2) is 18.2 Å². The first-order chi connectivity index (χ1) is 10.7. The standard InChI is InChI=1S/C17H27N3O3/c1-12-7-8-14(20-13(2)21)11-15(12)18-9-6-10-19-16(22)23-17(3,4)5/h7-8,11,18H,6,9-10H2,1-5H3,(H,19,22)(H,20,21). The molecule has 0 spiro atoms. The quantitative estimate of drug-likeness (QED) is 0.703. The van der Waals surface area contributed by atoms with E-state index in [1.165, 1.54) is 6.92 Å². The van der Waals surface area contributed by atoms with Gasteiger partial charge < -0.3 is 20.7 Å². The maximum atomic E-state index is 11.5. The van der Waals surface area contributed by atoms with Crippen LogP contribution >= 0.6 is 0 Å². The van der Waals surface area contributed by atoms with Gasteiger partial charge in [-0.3, -0.25) is 4.79 Å². The topological polar surface area (TPSA) is 79.5 Å². The lowest BCUT2D eigenvalue weighted by Gasteiger charge is -2.19. The molecule has 0 saturated heterocycles. The Labute approximate surface area is 138 Å². The first-order valence-corrected chi connectivity index (χ1v) is 7.76. The van der Waals surface area contributed by atoms with Crippen LogP contribution in [0.5, 0.6) is 0 Å². The molecule has 0 bridgehead atoms. The molecule has 0 aliphatic rings. The van der Waals surface area contributed by atoms with Crippen molar-refractivity contribution in [2.45, 2.75) is 46.6 Å². The number of hydrogen-bond acceptors (Lipinski definition) is 4. The molecular formula is C17H27N3O3. The van der Waals surface area contributed by atoms with Crippen molar-refractivity contribution < 1.29 is 14.3 Å². The maximum absolute atomic E-state index is 11.5. The number of anilines is 2. The fourth-order valence-corrected chi connectivity index (χ4v) is 1.91. The lowest BCUT2D eigenvalue weighted by Crippen LogP contribution is -2.33. The molecule has 128 valence electrons. The number of benzene rings is 1. The van der Waals surface area contributed by atoms with Crippen LogP contribution in [0.3, 0.4) is 0 Å². The van der Waals surface area contributed by atoms with Crippen LogP contribution in [0.1, 0.15) is 39.7 Å². The first-order valence-electron chi connectivity index (χ1n) is 7.76. The van der Waals surface area contributed by atoms with Crippen LogP contribution in [0, 0.1) is 6.92 Å². The van der Waals surface area contributed by atoms with E-state index in [9.17, 15) is 9.59 Å². The molecule has 2 amide bonds. The zero-order valence-electron chi connectivity index (χ0n) is 14.6. The van der Waals surface area contributed by atoms with E-state index in [2.05, 4.69) is 16.0 Å². The number of alkyl carbamates (subject to hydrolysis) is 1. The molecule has 0 saturated carbocycles. The van der Waals surface area contributed by atoms with Crippen molar-refractivity contribution >= 4 is 23.4 Å². The minimum atomic E-state index is -0.483. The van der Waals surface area contributed by atoms with E-state index in [0.29, 0.717) is 13.1 Å². The van der Waals surface area contributed by atoms with Gasteiger partial charge in [0.1, 0.15) is 5.60 Å². The predicted octanol–water partition coefficient (Wildman–Crippen LogP) is 3.28. The van der Waals surface area contributed by atoms with Gasteiger partial charge in [0.15, 0.2) is 0 Å². The highest BCUT2D eigenvalue weighted by Gasteiger charge is 2.15. The van der Waals surface area contributed by atoms with E-state index < -0.39 is 11.7 Å². The van der Waals surface area contributed by atoms with Crippen molar-refractivity contribution in [2.75, 3.05) is 23.7 Å². The summed E-state index contributed by atoms with van der Waals surface area (Å²) in [6.45, 7) is 10.2. The molecule has 0 aromatic heterocycles. The molecule has 0 atom stereocenters.